The number of para-hydroxylation sites is 1. The number of aryl methyl sites for hydroxylation is 2. The van der Waals surface area contributed by atoms with Gasteiger partial charge in [-0.05, 0) is 43.5 Å². The molecule has 0 bridgehead atoms. The van der Waals surface area contributed by atoms with Crippen LogP contribution in [0.4, 0.5) is 5.69 Å². The van der Waals surface area contributed by atoms with E-state index in [-0.39, 0.29) is 10.6 Å². The van der Waals surface area contributed by atoms with Crippen molar-refractivity contribution < 1.29 is 23.2 Å². The van der Waals surface area contributed by atoms with Crippen molar-refractivity contribution in [1.82, 2.24) is 5.48 Å². The Morgan fingerprint density at radius 2 is 1.92 bits per heavy atom. The molecule has 1 amide bonds. The molecule has 1 atom stereocenters. The molecule has 0 saturated heterocycles. The highest BCUT2D eigenvalue weighted by atomic mass is 32.2. The molecule has 1 heterocycles. The number of anilines is 1. The summed E-state index contributed by atoms with van der Waals surface area (Å²) in [5.41, 5.74) is 3.57. The van der Waals surface area contributed by atoms with Crippen LogP contribution in [0.1, 0.15) is 17.5 Å². The number of ether oxygens (including phenoxy) is 1. The van der Waals surface area contributed by atoms with Gasteiger partial charge in [0.25, 0.3) is 15.9 Å². The highest BCUT2D eigenvalue weighted by Crippen LogP contribution is 2.36. The lowest BCUT2D eigenvalue weighted by Gasteiger charge is -2.26. The molecule has 2 aromatic carbocycles. The highest BCUT2D eigenvalue weighted by Gasteiger charge is 2.28. The molecule has 0 radical (unpaired) electrons. The summed E-state index contributed by atoms with van der Waals surface area (Å²) in [6.07, 6.45) is 0.0590. The topological polar surface area (TPSA) is 105 Å². The van der Waals surface area contributed by atoms with E-state index in [0.717, 1.165) is 11.1 Å². The van der Waals surface area contributed by atoms with Crippen LogP contribution in [0.15, 0.2) is 47.4 Å². The Hall–Kier alpha value is -2.58. The van der Waals surface area contributed by atoms with Crippen LogP contribution in [0.3, 0.4) is 0 Å². The van der Waals surface area contributed by atoms with Crippen molar-refractivity contribution in [2.24, 2.45) is 0 Å². The van der Waals surface area contributed by atoms with Gasteiger partial charge >= 0.3 is 0 Å². The average Bonchev–Trinajstić information content (AvgIpc) is 2.61. The molecule has 0 aromatic heterocycles. The maximum absolute atomic E-state index is 12.6. The fourth-order valence-electron chi connectivity index (χ4n) is 2.67. The summed E-state index contributed by atoms with van der Waals surface area (Å²) in [6, 6.07) is 11.6. The van der Waals surface area contributed by atoms with E-state index in [2.05, 4.69) is 4.72 Å². The molecule has 1 unspecified atom stereocenters. The van der Waals surface area contributed by atoms with Crippen molar-refractivity contribution >= 4 is 21.6 Å². The molecular weight excluding hydrogens is 344 g/mol. The number of carbonyl (C=O) groups excluding carboxylic acids is 1. The number of amides is 1. The van der Waals surface area contributed by atoms with Crippen molar-refractivity contribution in [1.29, 1.82) is 0 Å². The van der Waals surface area contributed by atoms with E-state index >= 15 is 0 Å². The molecule has 2 aromatic rings. The maximum atomic E-state index is 12.6. The van der Waals surface area contributed by atoms with Gasteiger partial charge in [0.2, 0.25) is 0 Å². The predicted molar refractivity (Wildman–Crippen MR) is 91.1 cm³/mol. The number of benzene rings is 2. The van der Waals surface area contributed by atoms with Gasteiger partial charge in [0.1, 0.15) is 5.75 Å². The number of nitrogens with one attached hydrogen (secondary N) is 2. The zero-order chi connectivity index (χ0) is 18.0. The summed E-state index contributed by atoms with van der Waals surface area (Å²) in [5, 5.41) is 8.77. The minimum Gasteiger partial charge on any atom is -0.478 e. The first kappa shape index (κ1) is 17.2. The van der Waals surface area contributed by atoms with E-state index in [4.69, 9.17) is 9.94 Å². The second-order valence-electron chi connectivity index (χ2n) is 5.83. The Balaban J connectivity index is 1.91. The van der Waals surface area contributed by atoms with Gasteiger partial charge in [0.15, 0.2) is 6.10 Å². The second-order valence-corrected chi connectivity index (χ2v) is 7.52. The summed E-state index contributed by atoms with van der Waals surface area (Å²) in [7, 11) is -3.79. The third kappa shape index (κ3) is 3.59. The molecule has 1 aliphatic rings. The number of hydroxylamine groups is 1. The molecule has 3 rings (SSSR count). The molecule has 8 heteroatoms. The van der Waals surface area contributed by atoms with Crippen LogP contribution in [-0.4, -0.2) is 25.6 Å². The van der Waals surface area contributed by atoms with Crippen molar-refractivity contribution in [3.8, 4) is 5.75 Å². The summed E-state index contributed by atoms with van der Waals surface area (Å²) in [4.78, 5) is 11.7. The molecule has 25 heavy (non-hydrogen) atoms. The van der Waals surface area contributed by atoms with E-state index in [0.29, 0.717) is 18.6 Å². The van der Waals surface area contributed by atoms with Gasteiger partial charge in [0.05, 0.1) is 10.6 Å². The van der Waals surface area contributed by atoms with Crippen molar-refractivity contribution in [2.75, 3.05) is 4.72 Å². The van der Waals surface area contributed by atoms with Crippen LogP contribution in [0.25, 0.3) is 0 Å². The van der Waals surface area contributed by atoms with E-state index in [1.54, 1.807) is 29.7 Å². The Labute approximate surface area is 145 Å². The quantitative estimate of drug-likeness (QED) is 0.570. The molecule has 3 N–H and O–H groups in total. The lowest BCUT2D eigenvalue weighted by atomic mass is 10.0. The molecular formula is C17H18N2O5S. The molecule has 0 saturated carbocycles. The number of carbonyl (C=O) groups is 1. The molecule has 132 valence electrons. The third-order valence-corrected chi connectivity index (χ3v) is 5.39. The first-order valence-corrected chi connectivity index (χ1v) is 9.21. The van der Waals surface area contributed by atoms with Gasteiger partial charge in [-0.2, -0.15) is 0 Å². The molecule has 7 nitrogen and oxygen atoms in total. The number of rotatable bonds is 4. The van der Waals surface area contributed by atoms with Crippen LogP contribution < -0.4 is 14.9 Å². The summed E-state index contributed by atoms with van der Waals surface area (Å²) < 4.78 is 33.3. The van der Waals surface area contributed by atoms with Crippen LogP contribution >= 0.6 is 0 Å². The van der Waals surface area contributed by atoms with Crippen molar-refractivity contribution in [3.05, 3.63) is 53.6 Å². The molecule has 0 aliphatic carbocycles. The van der Waals surface area contributed by atoms with Gasteiger partial charge in [0, 0.05) is 0 Å². The number of sulfonamides is 1. The minimum atomic E-state index is -3.79. The van der Waals surface area contributed by atoms with Crippen LogP contribution in [0.2, 0.25) is 0 Å². The Bertz CT molecular complexity index is 894. The molecule has 0 fully saturated rings. The minimum absolute atomic E-state index is 0.135. The summed E-state index contributed by atoms with van der Waals surface area (Å²) in [6.45, 7) is 1.87. The van der Waals surface area contributed by atoms with E-state index in [9.17, 15) is 13.2 Å². The maximum Gasteiger partial charge on any atom is 0.284 e. The molecule has 1 aliphatic heterocycles. The third-order valence-electron chi connectivity index (χ3n) is 4.01. The zero-order valence-electron chi connectivity index (χ0n) is 13.5. The largest absolute Gasteiger partial charge is 0.478 e. The van der Waals surface area contributed by atoms with E-state index in [1.807, 2.05) is 13.0 Å². The smallest absolute Gasteiger partial charge is 0.284 e. The van der Waals surface area contributed by atoms with Gasteiger partial charge in [-0.15, -0.1) is 0 Å². The average molecular weight is 362 g/mol. The van der Waals surface area contributed by atoms with E-state index < -0.39 is 22.0 Å². The van der Waals surface area contributed by atoms with Gasteiger partial charge in [-0.1, -0.05) is 29.8 Å². The first-order chi connectivity index (χ1) is 11.9. The predicted octanol–water partition coefficient (Wildman–Crippen LogP) is 1.99. The number of fused-ring (bicyclic) bond motifs is 1. The van der Waals surface area contributed by atoms with Gasteiger partial charge < -0.3 is 4.74 Å². The summed E-state index contributed by atoms with van der Waals surface area (Å²) in [5.74, 6) is -0.361. The second kappa shape index (κ2) is 6.73. The van der Waals surface area contributed by atoms with E-state index in [1.165, 1.54) is 12.1 Å². The Morgan fingerprint density at radius 1 is 1.20 bits per heavy atom. The van der Waals surface area contributed by atoms with Gasteiger partial charge in [-0.25, -0.2) is 13.9 Å². The first-order valence-electron chi connectivity index (χ1n) is 7.72. The fraction of sp³-hybridized carbons (Fsp3) is 0.235. The SMILES string of the molecule is Cc1ccc(S(=O)(=O)Nc2cccc3c2OC(C(=O)NO)CC3)cc1. The van der Waals surface area contributed by atoms with Crippen LogP contribution in [0, 0.1) is 6.92 Å². The lowest BCUT2D eigenvalue weighted by molar-refractivity contribution is -0.137. The Morgan fingerprint density at radius 3 is 2.60 bits per heavy atom. The number of hydrogen-bond acceptors (Lipinski definition) is 5. The molecule has 0 spiro atoms. The Kier molecular flexibility index (Phi) is 4.65. The standard InChI is InChI=1S/C17H18N2O5S/c1-11-5-8-13(9-6-11)25(22,23)19-14-4-2-3-12-7-10-15(17(20)18-21)24-16(12)14/h2-6,8-9,15,19,21H,7,10H2,1H3,(H,18,20). The van der Waals surface area contributed by atoms with Crippen LogP contribution in [0.5, 0.6) is 5.75 Å². The summed E-state index contributed by atoms with van der Waals surface area (Å²) >= 11 is 0. The van der Waals surface area contributed by atoms with Crippen molar-refractivity contribution in [2.45, 2.75) is 30.8 Å². The van der Waals surface area contributed by atoms with Crippen molar-refractivity contribution in [3.63, 3.8) is 0 Å². The van der Waals surface area contributed by atoms with Gasteiger partial charge in [-0.3, -0.25) is 14.7 Å². The monoisotopic (exact) mass is 362 g/mol. The zero-order valence-corrected chi connectivity index (χ0v) is 14.3. The normalized spacial score (nSPS) is 16.5. The van der Waals surface area contributed by atoms with Crippen LogP contribution in [-0.2, 0) is 21.2 Å². The lowest BCUT2D eigenvalue weighted by Crippen LogP contribution is -2.39. The fourth-order valence-corrected chi connectivity index (χ4v) is 3.73. The number of hydrogen-bond donors (Lipinski definition) is 3. The highest BCUT2D eigenvalue weighted by molar-refractivity contribution is 7.92.